The summed E-state index contributed by atoms with van der Waals surface area (Å²) < 4.78 is 0. The Kier molecular flexibility index (Phi) is 14.8. The third-order valence-corrected chi connectivity index (χ3v) is 16.0. The molecule has 0 saturated heterocycles. The number of aryl methyl sites for hydroxylation is 4. The first-order valence-electron chi connectivity index (χ1n) is 29.0. The monoisotopic (exact) mass is 1080 g/mol. The molecule has 402 valence electrons. The minimum atomic E-state index is 1.06. The van der Waals surface area contributed by atoms with Crippen molar-refractivity contribution in [3.63, 3.8) is 0 Å². The number of hydrogen-bond acceptors (Lipinski definition) is 2. The highest BCUT2D eigenvalue weighted by Crippen LogP contribution is 2.53. The smallest absolute Gasteiger partial charge is 0.0620 e. The Labute approximate surface area is 494 Å². The molecule has 13 aromatic rings. The predicted octanol–water partition coefficient (Wildman–Crippen LogP) is 23.2. The molecule has 13 rings (SSSR count). The molecule has 0 saturated carbocycles. The third kappa shape index (κ3) is 11.5. The largest absolute Gasteiger partial charge is 0.309 e. The quantitative estimate of drug-likeness (QED) is 0.0608. The fourth-order valence-corrected chi connectivity index (χ4v) is 11.3. The molecule has 0 aliphatic heterocycles. The molecule has 0 fully saturated rings. The van der Waals surface area contributed by atoms with Gasteiger partial charge in [0.2, 0.25) is 0 Å². The van der Waals surface area contributed by atoms with E-state index in [0.29, 0.717) is 0 Å². The fourth-order valence-electron chi connectivity index (χ4n) is 11.3. The van der Waals surface area contributed by atoms with E-state index >= 15 is 0 Å². The van der Waals surface area contributed by atoms with Crippen LogP contribution in [0.25, 0.3) is 91.7 Å². The number of rotatable bonds is 14. The van der Waals surface area contributed by atoms with Crippen molar-refractivity contribution in [2.24, 2.45) is 0 Å². The van der Waals surface area contributed by atoms with Crippen LogP contribution in [0.3, 0.4) is 0 Å². The summed E-state index contributed by atoms with van der Waals surface area (Å²) in [7, 11) is 0. The fraction of sp³-hybridized carbons (Fsp3) is 0.0488. The van der Waals surface area contributed by atoms with Crippen LogP contribution >= 0.6 is 0 Å². The Morgan fingerprint density at radius 2 is 0.369 bits per heavy atom. The molecule has 0 bridgehead atoms. The Morgan fingerprint density at radius 1 is 0.202 bits per heavy atom. The van der Waals surface area contributed by atoms with Gasteiger partial charge in [-0.1, -0.05) is 265 Å². The molecular weight excluding hydrogens is 1010 g/mol. The van der Waals surface area contributed by atoms with Gasteiger partial charge in [0, 0.05) is 44.3 Å². The van der Waals surface area contributed by atoms with Gasteiger partial charge in [-0.15, -0.1) is 0 Å². The Morgan fingerprint density at radius 3 is 0.548 bits per heavy atom. The van der Waals surface area contributed by atoms with E-state index in [0.717, 1.165) is 77.9 Å². The maximum absolute atomic E-state index is 2.49. The molecule has 0 atom stereocenters. The SMILES string of the molecule is Cc1ccc(/C=C/c2ccc(N(c3ccc(/C=C/c4ccc(C)cc4)cc3)c3c4cc5ccccc5cc4c(N(c4ccc(/C=C/c5ccc(C)cc5)cc4)c4ccc(/C=C/c5ccc(C)cc5)cc4)c4cc5ccccc5cc34)cc2)cc1. The van der Waals surface area contributed by atoms with Crippen molar-refractivity contribution in [2.45, 2.75) is 27.7 Å². The van der Waals surface area contributed by atoms with Crippen LogP contribution in [-0.4, -0.2) is 0 Å². The molecule has 84 heavy (non-hydrogen) atoms. The second-order valence-electron chi connectivity index (χ2n) is 22.2. The molecule has 0 aliphatic carbocycles. The van der Waals surface area contributed by atoms with Gasteiger partial charge in [0.15, 0.2) is 0 Å². The van der Waals surface area contributed by atoms with Crippen LogP contribution in [0.15, 0.2) is 267 Å². The van der Waals surface area contributed by atoms with Crippen LogP contribution in [0.2, 0.25) is 0 Å². The van der Waals surface area contributed by atoms with Crippen molar-refractivity contribution in [3.05, 3.63) is 334 Å². The Hall–Kier alpha value is -10.5. The van der Waals surface area contributed by atoms with Crippen molar-refractivity contribution in [3.8, 4) is 0 Å². The lowest BCUT2D eigenvalue weighted by Gasteiger charge is -2.33. The van der Waals surface area contributed by atoms with Crippen molar-refractivity contribution < 1.29 is 0 Å². The summed E-state index contributed by atoms with van der Waals surface area (Å²) in [6, 6.07) is 98.3. The number of benzene rings is 13. The molecule has 0 aromatic heterocycles. The molecule has 13 aromatic carbocycles. The molecule has 0 radical (unpaired) electrons. The lowest BCUT2D eigenvalue weighted by atomic mass is 9.91. The van der Waals surface area contributed by atoms with Crippen LogP contribution in [0.5, 0.6) is 0 Å². The average molecular weight is 1080 g/mol. The zero-order valence-corrected chi connectivity index (χ0v) is 47.9. The molecule has 0 spiro atoms. The summed E-state index contributed by atoms with van der Waals surface area (Å²) in [6.07, 6.45) is 17.6. The van der Waals surface area contributed by atoms with Gasteiger partial charge in [-0.05, 0) is 167 Å². The van der Waals surface area contributed by atoms with E-state index in [1.54, 1.807) is 0 Å². The van der Waals surface area contributed by atoms with Gasteiger partial charge < -0.3 is 9.80 Å². The highest BCUT2D eigenvalue weighted by Gasteiger charge is 2.27. The van der Waals surface area contributed by atoms with Crippen LogP contribution < -0.4 is 9.80 Å². The normalized spacial score (nSPS) is 11.9. The summed E-state index contributed by atoms with van der Waals surface area (Å²) in [5, 5.41) is 9.24. The summed E-state index contributed by atoms with van der Waals surface area (Å²) in [4.78, 5) is 4.99. The van der Waals surface area contributed by atoms with E-state index < -0.39 is 0 Å². The average Bonchev–Trinajstić information content (AvgIpc) is 3.70. The minimum Gasteiger partial charge on any atom is -0.309 e. The number of fused-ring (bicyclic) bond motifs is 4. The van der Waals surface area contributed by atoms with Gasteiger partial charge in [0.1, 0.15) is 0 Å². The molecular formula is C82H64N2. The van der Waals surface area contributed by atoms with Crippen molar-refractivity contribution in [1.82, 2.24) is 0 Å². The topological polar surface area (TPSA) is 6.48 Å². The first-order chi connectivity index (χ1) is 41.2. The number of hydrogen-bond donors (Lipinski definition) is 0. The molecule has 2 heteroatoms. The second kappa shape index (κ2) is 23.5. The molecule has 2 nitrogen and oxygen atoms in total. The Bertz CT molecular complexity index is 4010. The van der Waals surface area contributed by atoms with E-state index in [2.05, 4.69) is 353 Å². The van der Waals surface area contributed by atoms with E-state index in [4.69, 9.17) is 0 Å². The highest BCUT2D eigenvalue weighted by molar-refractivity contribution is 6.27. The highest BCUT2D eigenvalue weighted by atomic mass is 15.2. The van der Waals surface area contributed by atoms with Gasteiger partial charge in [-0.3, -0.25) is 0 Å². The molecule has 0 N–H and O–H groups in total. The minimum absolute atomic E-state index is 1.06. The molecule has 0 aliphatic rings. The van der Waals surface area contributed by atoms with Gasteiger partial charge in [0.05, 0.1) is 11.4 Å². The maximum Gasteiger partial charge on any atom is 0.0620 e. The van der Waals surface area contributed by atoms with Gasteiger partial charge in [0.25, 0.3) is 0 Å². The Balaban J connectivity index is 1.04. The maximum atomic E-state index is 2.49. The van der Waals surface area contributed by atoms with Gasteiger partial charge >= 0.3 is 0 Å². The van der Waals surface area contributed by atoms with E-state index in [1.807, 2.05) is 0 Å². The van der Waals surface area contributed by atoms with Crippen LogP contribution in [0, 0.1) is 27.7 Å². The number of anilines is 6. The van der Waals surface area contributed by atoms with Gasteiger partial charge in [-0.2, -0.15) is 0 Å². The van der Waals surface area contributed by atoms with Crippen molar-refractivity contribution in [1.29, 1.82) is 0 Å². The van der Waals surface area contributed by atoms with Crippen LogP contribution in [-0.2, 0) is 0 Å². The summed E-state index contributed by atoms with van der Waals surface area (Å²) in [5.74, 6) is 0. The lowest BCUT2D eigenvalue weighted by Crippen LogP contribution is -2.15. The van der Waals surface area contributed by atoms with Crippen LogP contribution in [0.1, 0.15) is 66.8 Å². The number of nitrogens with zero attached hydrogens (tertiary/aromatic N) is 2. The van der Waals surface area contributed by atoms with E-state index in [1.165, 1.54) is 66.1 Å². The predicted molar refractivity (Wildman–Crippen MR) is 366 cm³/mol. The molecule has 0 amide bonds. The summed E-state index contributed by atoms with van der Waals surface area (Å²) in [5.41, 5.74) is 20.7. The lowest BCUT2D eigenvalue weighted by molar-refractivity contribution is 1.29. The first kappa shape index (κ1) is 52.8. The summed E-state index contributed by atoms with van der Waals surface area (Å²) >= 11 is 0. The standard InChI is InChI=1S/C82H64N2/c1-57-13-21-61(22-14-57)29-33-65-37-45-73(46-38-65)83(74-47-39-66(40-48-74)34-30-62-23-15-58(2)16-24-62)81-77-53-69-9-5-7-11-71(69)55-79(77)82(80-56-72-12-8-6-10-70(72)54-78(80)81)84(75-49-41-67(42-50-75)35-31-63-25-17-59(3)18-26-63)76-51-43-68(44-52-76)36-32-64-27-19-60(4)20-28-64/h5-56H,1-4H3/b33-29+,34-30+,35-31+,36-32+. The zero-order valence-electron chi connectivity index (χ0n) is 47.9. The van der Waals surface area contributed by atoms with E-state index in [-0.39, 0.29) is 0 Å². The van der Waals surface area contributed by atoms with Crippen molar-refractivity contribution in [2.75, 3.05) is 9.80 Å². The van der Waals surface area contributed by atoms with Crippen LogP contribution in [0.4, 0.5) is 34.1 Å². The molecule has 0 heterocycles. The van der Waals surface area contributed by atoms with Crippen molar-refractivity contribution >= 4 is 126 Å². The van der Waals surface area contributed by atoms with E-state index in [9.17, 15) is 0 Å². The zero-order chi connectivity index (χ0) is 56.9. The second-order valence-corrected chi connectivity index (χ2v) is 22.2. The van der Waals surface area contributed by atoms with Gasteiger partial charge in [-0.25, -0.2) is 0 Å². The summed E-state index contributed by atoms with van der Waals surface area (Å²) in [6.45, 7) is 8.52. The third-order valence-electron chi connectivity index (χ3n) is 16.0. The molecule has 0 unspecified atom stereocenters. The first-order valence-corrected chi connectivity index (χ1v) is 29.0.